The Morgan fingerprint density at radius 3 is 2.53 bits per heavy atom. The van der Waals surface area contributed by atoms with Gasteiger partial charge in [0.25, 0.3) is 0 Å². The van der Waals surface area contributed by atoms with Gasteiger partial charge in [-0.1, -0.05) is 33.6 Å². The van der Waals surface area contributed by atoms with Crippen molar-refractivity contribution in [2.24, 2.45) is 11.8 Å². The third-order valence-corrected chi connectivity index (χ3v) is 4.91. The summed E-state index contributed by atoms with van der Waals surface area (Å²) in [4.78, 5) is 11.2. The van der Waals surface area contributed by atoms with Gasteiger partial charge >= 0.3 is 5.97 Å². The number of aliphatic carboxylic acids is 1. The van der Waals surface area contributed by atoms with Gasteiger partial charge in [0.2, 0.25) is 0 Å². The van der Waals surface area contributed by atoms with E-state index >= 15 is 0 Å². The van der Waals surface area contributed by atoms with E-state index in [-0.39, 0.29) is 0 Å². The number of carbonyl (C=O) groups is 1. The van der Waals surface area contributed by atoms with Crippen LogP contribution in [0.25, 0.3) is 0 Å². The van der Waals surface area contributed by atoms with Gasteiger partial charge in [-0.3, -0.25) is 4.79 Å². The molecule has 1 aliphatic rings. The molecule has 1 N–H and O–H groups in total. The van der Waals surface area contributed by atoms with Gasteiger partial charge in [0.1, 0.15) is 4.75 Å². The van der Waals surface area contributed by atoms with E-state index in [1.807, 2.05) is 0 Å². The number of hydrogen-bond donors (Lipinski definition) is 1. The molecule has 0 saturated heterocycles. The van der Waals surface area contributed by atoms with Gasteiger partial charge in [-0.25, -0.2) is 0 Å². The van der Waals surface area contributed by atoms with Crippen molar-refractivity contribution >= 4 is 17.7 Å². The summed E-state index contributed by atoms with van der Waals surface area (Å²) in [7, 11) is 0. The fraction of sp³-hybridized carbons (Fsp3) is 0.917. The molecule has 1 fully saturated rings. The molecule has 0 aromatic carbocycles. The summed E-state index contributed by atoms with van der Waals surface area (Å²) in [5, 5.41) is 9.26. The highest BCUT2D eigenvalue weighted by Crippen LogP contribution is 2.50. The molecule has 0 aromatic heterocycles. The van der Waals surface area contributed by atoms with Gasteiger partial charge in [0.05, 0.1) is 0 Å². The Bertz CT molecular complexity index is 220. The number of carboxylic acids is 1. The molecule has 0 radical (unpaired) electrons. The third-order valence-electron chi connectivity index (χ3n) is 3.02. The molecular formula is C12H22O2S. The topological polar surface area (TPSA) is 37.3 Å². The minimum Gasteiger partial charge on any atom is -0.480 e. The maximum Gasteiger partial charge on any atom is 0.319 e. The summed E-state index contributed by atoms with van der Waals surface area (Å²) in [5.74, 6) is 1.60. The van der Waals surface area contributed by atoms with Crippen LogP contribution in [0.15, 0.2) is 0 Å². The maximum absolute atomic E-state index is 11.2. The Morgan fingerprint density at radius 1 is 1.53 bits per heavy atom. The van der Waals surface area contributed by atoms with Crippen LogP contribution < -0.4 is 0 Å². The molecule has 0 bridgehead atoms. The molecule has 1 saturated carbocycles. The predicted molar refractivity (Wildman–Crippen MR) is 65.3 cm³/mol. The van der Waals surface area contributed by atoms with Crippen LogP contribution in [0.5, 0.6) is 0 Å². The molecule has 2 nitrogen and oxygen atoms in total. The van der Waals surface area contributed by atoms with E-state index in [0.717, 1.165) is 18.6 Å². The molecule has 0 atom stereocenters. The molecule has 0 aromatic rings. The standard InChI is InChI=1S/C12H22O2S/c1-4-5-10-6-12(7-10,11(13)14)15-8-9(2)3/h9-10H,4-8H2,1-3H3,(H,13,14). The molecule has 0 aliphatic heterocycles. The van der Waals surface area contributed by atoms with Crippen LogP contribution in [0.3, 0.4) is 0 Å². The summed E-state index contributed by atoms with van der Waals surface area (Å²) in [6, 6.07) is 0. The Balaban J connectivity index is 2.43. The first kappa shape index (κ1) is 12.9. The third kappa shape index (κ3) is 3.13. The molecule has 88 valence electrons. The first-order valence-corrected chi connectivity index (χ1v) is 6.86. The highest BCUT2D eigenvalue weighted by atomic mass is 32.2. The lowest BCUT2D eigenvalue weighted by Crippen LogP contribution is -2.48. The van der Waals surface area contributed by atoms with Crippen molar-refractivity contribution < 1.29 is 9.90 Å². The van der Waals surface area contributed by atoms with Gasteiger partial charge in [-0.2, -0.15) is 0 Å². The van der Waals surface area contributed by atoms with Gasteiger partial charge in [-0.05, 0) is 30.4 Å². The highest BCUT2D eigenvalue weighted by Gasteiger charge is 2.50. The molecule has 0 spiro atoms. The van der Waals surface area contributed by atoms with Crippen LogP contribution in [0, 0.1) is 11.8 Å². The number of carboxylic acid groups (broad SMARTS) is 1. The van der Waals surface area contributed by atoms with E-state index in [4.69, 9.17) is 0 Å². The highest BCUT2D eigenvalue weighted by molar-refractivity contribution is 8.01. The minimum atomic E-state index is -0.597. The summed E-state index contributed by atoms with van der Waals surface area (Å²) in [5.41, 5.74) is 0. The fourth-order valence-electron chi connectivity index (χ4n) is 2.17. The Morgan fingerprint density at radius 2 is 2.13 bits per heavy atom. The van der Waals surface area contributed by atoms with Crippen LogP contribution in [0.4, 0.5) is 0 Å². The van der Waals surface area contributed by atoms with E-state index in [1.54, 1.807) is 11.8 Å². The van der Waals surface area contributed by atoms with Crippen LogP contribution in [-0.2, 0) is 4.79 Å². The van der Waals surface area contributed by atoms with E-state index in [9.17, 15) is 9.90 Å². The van der Waals surface area contributed by atoms with Gasteiger partial charge < -0.3 is 5.11 Å². The molecule has 0 heterocycles. The molecule has 0 amide bonds. The van der Waals surface area contributed by atoms with Crippen LogP contribution in [0.2, 0.25) is 0 Å². The summed E-state index contributed by atoms with van der Waals surface area (Å²) < 4.78 is -0.440. The van der Waals surface area contributed by atoms with E-state index in [1.165, 1.54) is 12.8 Å². The monoisotopic (exact) mass is 230 g/mol. The molecule has 1 rings (SSSR count). The van der Waals surface area contributed by atoms with Crippen molar-refractivity contribution in [3.63, 3.8) is 0 Å². The second-order valence-corrected chi connectivity index (χ2v) is 6.47. The zero-order valence-electron chi connectivity index (χ0n) is 9.95. The molecule has 0 unspecified atom stereocenters. The summed E-state index contributed by atoms with van der Waals surface area (Å²) >= 11 is 1.66. The minimum absolute atomic E-state index is 0.440. The van der Waals surface area contributed by atoms with Crippen molar-refractivity contribution in [3.05, 3.63) is 0 Å². The lowest BCUT2D eigenvalue weighted by atomic mass is 9.72. The predicted octanol–water partition coefficient (Wildman–Crippen LogP) is 3.41. The number of hydrogen-bond acceptors (Lipinski definition) is 2. The first-order chi connectivity index (χ1) is 7.00. The van der Waals surface area contributed by atoms with Crippen LogP contribution in [0.1, 0.15) is 46.5 Å². The number of thioether (sulfide) groups is 1. The first-order valence-electron chi connectivity index (χ1n) is 5.87. The van der Waals surface area contributed by atoms with E-state index in [2.05, 4.69) is 20.8 Å². The SMILES string of the molecule is CCCC1CC(SCC(C)C)(C(=O)O)C1. The zero-order valence-corrected chi connectivity index (χ0v) is 10.8. The van der Waals surface area contributed by atoms with Crippen molar-refractivity contribution in [2.75, 3.05) is 5.75 Å². The van der Waals surface area contributed by atoms with Crippen LogP contribution >= 0.6 is 11.8 Å². The second-order valence-electron chi connectivity index (χ2n) is 5.07. The molecule has 1 aliphatic carbocycles. The Hall–Kier alpha value is -0.180. The molecule has 3 heteroatoms. The fourth-order valence-corrected chi connectivity index (χ4v) is 3.65. The lowest BCUT2D eigenvalue weighted by Gasteiger charge is -2.44. The smallest absolute Gasteiger partial charge is 0.319 e. The largest absolute Gasteiger partial charge is 0.480 e. The van der Waals surface area contributed by atoms with Crippen molar-refractivity contribution in [1.29, 1.82) is 0 Å². The number of rotatable bonds is 6. The van der Waals surface area contributed by atoms with Gasteiger partial charge in [0, 0.05) is 0 Å². The zero-order chi connectivity index (χ0) is 11.5. The Kier molecular flexibility index (Phi) is 4.50. The van der Waals surface area contributed by atoms with Crippen molar-refractivity contribution in [3.8, 4) is 0 Å². The average molecular weight is 230 g/mol. The average Bonchev–Trinajstić information content (AvgIpc) is 2.07. The van der Waals surface area contributed by atoms with Crippen molar-refractivity contribution in [1.82, 2.24) is 0 Å². The lowest BCUT2D eigenvalue weighted by molar-refractivity contribution is -0.143. The maximum atomic E-state index is 11.2. The van der Waals surface area contributed by atoms with Gasteiger partial charge in [0.15, 0.2) is 0 Å². The normalized spacial score (nSPS) is 30.3. The van der Waals surface area contributed by atoms with Crippen molar-refractivity contribution in [2.45, 2.75) is 51.2 Å². The van der Waals surface area contributed by atoms with Gasteiger partial charge in [-0.15, -0.1) is 11.8 Å². The summed E-state index contributed by atoms with van der Waals surface area (Å²) in [6.07, 6.45) is 4.13. The van der Waals surface area contributed by atoms with Crippen LogP contribution in [-0.4, -0.2) is 21.6 Å². The molecule has 15 heavy (non-hydrogen) atoms. The second kappa shape index (κ2) is 5.24. The Labute approximate surface area is 96.8 Å². The molecular weight excluding hydrogens is 208 g/mol. The summed E-state index contributed by atoms with van der Waals surface area (Å²) in [6.45, 7) is 6.46. The van der Waals surface area contributed by atoms with E-state index < -0.39 is 10.7 Å². The van der Waals surface area contributed by atoms with E-state index in [0.29, 0.717) is 11.8 Å². The quantitative estimate of drug-likeness (QED) is 0.759.